The average molecular weight is 329 g/mol. The van der Waals surface area contributed by atoms with Crippen LogP contribution in [0.3, 0.4) is 0 Å². The predicted octanol–water partition coefficient (Wildman–Crippen LogP) is 4.59. The zero-order valence-electron chi connectivity index (χ0n) is 13.9. The highest BCUT2D eigenvalue weighted by molar-refractivity contribution is 6.02. The van der Waals surface area contributed by atoms with Crippen molar-refractivity contribution in [2.45, 2.75) is 13.1 Å². The van der Waals surface area contributed by atoms with Gasteiger partial charge in [-0.3, -0.25) is 10.2 Å². The summed E-state index contributed by atoms with van der Waals surface area (Å²) in [4.78, 5) is 13.1. The molecule has 4 nitrogen and oxygen atoms in total. The van der Waals surface area contributed by atoms with Crippen LogP contribution in [0.1, 0.15) is 27.7 Å². The number of rotatable bonds is 3. The molecular formula is C21H19N3O. The van der Waals surface area contributed by atoms with E-state index in [1.165, 1.54) is 5.56 Å². The Morgan fingerprint density at radius 3 is 2.32 bits per heavy atom. The van der Waals surface area contributed by atoms with Crippen molar-refractivity contribution in [2.75, 3.05) is 10.7 Å². The summed E-state index contributed by atoms with van der Waals surface area (Å²) in [5, 5.41) is 5.13. The first kappa shape index (κ1) is 15.3. The highest BCUT2D eigenvalue weighted by Crippen LogP contribution is 2.33. The summed E-state index contributed by atoms with van der Waals surface area (Å²) in [5.74, 6) is -0.0521. The molecule has 3 aromatic carbocycles. The summed E-state index contributed by atoms with van der Waals surface area (Å²) in [6, 6.07) is 25.5. The fourth-order valence-corrected chi connectivity index (χ4v) is 3.00. The molecule has 3 aromatic rings. The first-order valence-corrected chi connectivity index (χ1v) is 8.30. The standard InChI is InChI=1S/C21H19N3O/c1-15-11-13-16(14-12-15)20-22-19-10-6-5-9-18(19)21(25)24(20)23-17-7-3-2-4-8-17/h2-14,20,22-23H,1H3. The molecular weight excluding hydrogens is 310 g/mol. The van der Waals surface area contributed by atoms with Gasteiger partial charge >= 0.3 is 0 Å². The number of para-hydroxylation sites is 2. The number of hydrogen-bond donors (Lipinski definition) is 2. The number of nitrogens with zero attached hydrogens (tertiary/aromatic N) is 1. The monoisotopic (exact) mass is 329 g/mol. The molecule has 1 unspecified atom stereocenters. The molecule has 0 saturated carbocycles. The molecule has 4 rings (SSSR count). The van der Waals surface area contributed by atoms with Crippen molar-refractivity contribution in [3.63, 3.8) is 0 Å². The third kappa shape index (κ3) is 2.94. The van der Waals surface area contributed by atoms with Crippen molar-refractivity contribution < 1.29 is 4.79 Å². The van der Waals surface area contributed by atoms with Crippen molar-refractivity contribution in [2.24, 2.45) is 0 Å². The van der Waals surface area contributed by atoms with E-state index in [1.54, 1.807) is 5.01 Å². The molecule has 1 heterocycles. The molecule has 124 valence electrons. The lowest BCUT2D eigenvalue weighted by Crippen LogP contribution is -2.46. The molecule has 0 saturated heterocycles. The lowest BCUT2D eigenvalue weighted by atomic mass is 10.0. The van der Waals surface area contributed by atoms with Gasteiger partial charge in [0.2, 0.25) is 0 Å². The van der Waals surface area contributed by atoms with E-state index < -0.39 is 0 Å². The van der Waals surface area contributed by atoms with E-state index in [1.807, 2.05) is 66.7 Å². The zero-order chi connectivity index (χ0) is 17.2. The van der Waals surface area contributed by atoms with Crippen molar-refractivity contribution in [3.8, 4) is 0 Å². The molecule has 1 aliphatic heterocycles. The van der Waals surface area contributed by atoms with Gasteiger partial charge in [0.15, 0.2) is 0 Å². The Morgan fingerprint density at radius 1 is 0.880 bits per heavy atom. The molecule has 0 fully saturated rings. The topological polar surface area (TPSA) is 44.4 Å². The van der Waals surface area contributed by atoms with E-state index in [4.69, 9.17) is 0 Å². The quantitative estimate of drug-likeness (QED) is 0.739. The number of nitrogens with one attached hydrogen (secondary N) is 2. The minimum Gasteiger partial charge on any atom is -0.359 e. The van der Waals surface area contributed by atoms with Crippen LogP contribution < -0.4 is 10.7 Å². The van der Waals surface area contributed by atoms with Crippen LogP contribution in [-0.2, 0) is 0 Å². The number of fused-ring (bicyclic) bond motifs is 1. The fourth-order valence-electron chi connectivity index (χ4n) is 3.00. The molecule has 0 spiro atoms. The second kappa shape index (κ2) is 6.32. The normalized spacial score (nSPS) is 16.1. The highest BCUT2D eigenvalue weighted by atomic mass is 16.2. The van der Waals surface area contributed by atoms with Crippen molar-refractivity contribution in [1.29, 1.82) is 0 Å². The SMILES string of the molecule is Cc1ccc(C2Nc3ccccc3C(=O)N2Nc2ccccc2)cc1. The third-order valence-electron chi connectivity index (χ3n) is 4.34. The van der Waals surface area contributed by atoms with Gasteiger partial charge < -0.3 is 5.32 Å². The third-order valence-corrected chi connectivity index (χ3v) is 4.34. The van der Waals surface area contributed by atoms with Crippen LogP contribution in [-0.4, -0.2) is 10.9 Å². The summed E-state index contributed by atoms with van der Waals surface area (Å²) in [5.41, 5.74) is 7.85. The molecule has 0 aliphatic carbocycles. The van der Waals surface area contributed by atoms with E-state index in [-0.39, 0.29) is 12.1 Å². The van der Waals surface area contributed by atoms with Crippen LogP contribution in [0.4, 0.5) is 11.4 Å². The second-order valence-electron chi connectivity index (χ2n) is 6.16. The lowest BCUT2D eigenvalue weighted by Gasteiger charge is -2.38. The van der Waals surface area contributed by atoms with Gasteiger partial charge in [0.05, 0.1) is 11.3 Å². The van der Waals surface area contributed by atoms with E-state index in [9.17, 15) is 4.79 Å². The van der Waals surface area contributed by atoms with Gasteiger partial charge in [-0.1, -0.05) is 60.2 Å². The van der Waals surface area contributed by atoms with Crippen LogP contribution in [0.5, 0.6) is 0 Å². The van der Waals surface area contributed by atoms with E-state index in [0.29, 0.717) is 5.56 Å². The predicted molar refractivity (Wildman–Crippen MR) is 100 cm³/mol. The number of benzene rings is 3. The van der Waals surface area contributed by atoms with E-state index in [2.05, 4.69) is 29.8 Å². The van der Waals surface area contributed by atoms with Gasteiger partial charge in [0.25, 0.3) is 5.91 Å². The van der Waals surface area contributed by atoms with Gasteiger partial charge in [0, 0.05) is 5.69 Å². The molecule has 1 atom stereocenters. The second-order valence-corrected chi connectivity index (χ2v) is 6.16. The molecule has 1 amide bonds. The Bertz CT molecular complexity index is 891. The van der Waals surface area contributed by atoms with Crippen LogP contribution in [0.2, 0.25) is 0 Å². The van der Waals surface area contributed by atoms with Gasteiger partial charge in [-0.2, -0.15) is 0 Å². The Kier molecular flexibility index (Phi) is 3.86. The number of hydrazine groups is 1. The maximum atomic E-state index is 13.1. The largest absolute Gasteiger partial charge is 0.359 e. The van der Waals surface area contributed by atoms with Gasteiger partial charge in [0.1, 0.15) is 6.17 Å². The Morgan fingerprint density at radius 2 is 1.56 bits per heavy atom. The average Bonchev–Trinajstić information content (AvgIpc) is 2.65. The first-order valence-electron chi connectivity index (χ1n) is 8.30. The number of aryl methyl sites for hydroxylation is 1. The molecule has 25 heavy (non-hydrogen) atoms. The Hall–Kier alpha value is -3.27. The highest BCUT2D eigenvalue weighted by Gasteiger charge is 2.33. The molecule has 0 radical (unpaired) electrons. The number of anilines is 2. The summed E-state index contributed by atoms with van der Waals surface area (Å²) < 4.78 is 0. The number of hydrogen-bond acceptors (Lipinski definition) is 3. The minimum absolute atomic E-state index is 0.0521. The smallest absolute Gasteiger partial charge is 0.276 e. The van der Waals surface area contributed by atoms with Gasteiger partial charge in [-0.25, -0.2) is 5.01 Å². The summed E-state index contributed by atoms with van der Waals surface area (Å²) in [7, 11) is 0. The fraction of sp³-hybridized carbons (Fsp3) is 0.0952. The van der Waals surface area contributed by atoms with Crippen molar-refractivity contribution in [3.05, 3.63) is 95.6 Å². The molecule has 0 aromatic heterocycles. The molecule has 0 bridgehead atoms. The summed E-state index contributed by atoms with van der Waals surface area (Å²) in [6.45, 7) is 2.05. The van der Waals surface area contributed by atoms with Gasteiger partial charge in [-0.15, -0.1) is 0 Å². The number of amides is 1. The van der Waals surface area contributed by atoms with Crippen LogP contribution in [0, 0.1) is 6.92 Å². The van der Waals surface area contributed by atoms with E-state index >= 15 is 0 Å². The van der Waals surface area contributed by atoms with Gasteiger partial charge in [-0.05, 0) is 36.8 Å². The Labute approximate surface area is 147 Å². The maximum absolute atomic E-state index is 13.1. The lowest BCUT2D eigenvalue weighted by molar-refractivity contribution is 0.0733. The van der Waals surface area contributed by atoms with Crippen LogP contribution in [0.15, 0.2) is 78.9 Å². The minimum atomic E-state index is -0.289. The maximum Gasteiger partial charge on any atom is 0.276 e. The van der Waals surface area contributed by atoms with Crippen LogP contribution >= 0.6 is 0 Å². The Balaban J connectivity index is 1.75. The summed E-state index contributed by atoms with van der Waals surface area (Å²) >= 11 is 0. The molecule has 2 N–H and O–H groups in total. The zero-order valence-corrected chi connectivity index (χ0v) is 13.9. The van der Waals surface area contributed by atoms with Crippen LogP contribution in [0.25, 0.3) is 0 Å². The number of carbonyl (C=O) groups excluding carboxylic acids is 1. The van der Waals surface area contributed by atoms with E-state index in [0.717, 1.165) is 16.9 Å². The molecule has 4 heteroatoms. The van der Waals surface area contributed by atoms with Crippen molar-refractivity contribution in [1.82, 2.24) is 5.01 Å². The first-order chi connectivity index (χ1) is 12.2. The summed E-state index contributed by atoms with van der Waals surface area (Å²) in [6.07, 6.45) is -0.289. The number of carbonyl (C=O) groups is 1. The molecule has 1 aliphatic rings. The van der Waals surface area contributed by atoms with Crippen molar-refractivity contribution >= 4 is 17.3 Å².